The highest BCUT2D eigenvalue weighted by atomic mass is 32.2. The van der Waals surface area contributed by atoms with Crippen LogP contribution < -0.4 is 14.8 Å². The van der Waals surface area contributed by atoms with Crippen molar-refractivity contribution < 1.29 is 27.4 Å². The Balaban J connectivity index is 1.34. The number of aliphatic hydroxyl groups excluding tert-OH is 1. The minimum Gasteiger partial charge on any atom is -0.480 e. The number of methoxy groups -OCH3 is 1. The molecule has 15 heteroatoms. The molecule has 39 heavy (non-hydrogen) atoms. The van der Waals surface area contributed by atoms with Crippen LogP contribution in [-0.2, 0) is 21.3 Å². The average molecular weight is 559 g/mol. The summed E-state index contributed by atoms with van der Waals surface area (Å²) in [5.41, 5.74) is 2.94. The van der Waals surface area contributed by atoms with Gasteiger partial charge in [-0.3, -0.25) is 14.7 Å². The molecule has 4 heterocycles. The van der Waals surface area contributed by atoms with Crippen LogP contribution in [0, 0.1) is 0 Å². The summed E-state index contributed by atoms with van der Waals surface area (Å²) in [5, 5.41) is 29.8. The van der Waals surface area contributed by atoms with Crippen molar-refractivity contribution in [2.75, 3.05) is 57.5 Å². The molecule has 0 amide bonds. The van der Waals surface area contributed by atoms with Gasteiger partial charge < -0.3 is 24.3 Å². The third kappa shape index (κ3) is 6.69. The maximum Gasteiger partial charge on any atom is 0.248 e. The molecule has 1 atom stereocenters. The highest BCUT2D eigenvalue weighted by Gasteiger charge is 2.18. The summed E-state index contributed by atoms with van der Waals surface area (Å²) < 4.78 is 42.6. The zero-order valence-electron chi connectivity index (χ0n) is 21.5. The summed E-state index contributed by atoms with van der Waals surface area (Å²) in [6, 6.07) is 5.36. The molecule has 1 fully saturated rings. The Morgan fingerprint density at radius 2 is 2.00 bits per heavy atom. The molecule has 4 aromatic rings. The molecule has 0 saturated carbocycles. The zero-order valence-corrected chi connectivity index (χ0v) is 22.4. The Labute approximate surface area is 224 Å². The number of anilines is 1. The molecule has 0 bridgehead atoms. The van der Waals surface area contributed by atoms with E-state index in [-0.39, 0.29) is 11.6 Å². The Kier molecular flexibility index (Phi) is 8.04. The second-order valence-electron chi connectivity index (χ2n) is 9.21. The van der Waals surface area contributed by atoms with E-state index >= 15 is 0 Å². The molecule has 0 aliphatic carbocycles. The van der Waals surface area contributed by atoms with E-state index < -0.39 is 16.1 Å². The first-order chi connectivity index (χ1) is 18.8. The maximum atomic E-state index is 11.8. The van der Waals surface area contributed by atoms with Crippen molar-refractivity contribution in [1.29, 1.82) is 0 Å². The quantitative estimate of drug-likeness (QED) is 0.204. The number of aromatic nitrogens is 5. The molecule has 1 aliphatic rings. The standard InChI is InChI=1S/C24H30N8O6S/c1-36-24-21(31-39(2,34)35)9-16(10-26-24)15-7-18(19-12-27-28-20(19)8-15)23-30-29-22(38-23)13-25-11-17(33)14-32-3-5-37-6-4-32/h7-10,12,17,25,31,33H,3-6,11,13-14H2,1-2H3,(H,27,28). The monoisotopic (exact) mass is 558 g/mol. The predicted molar refractivity (Wildman–Crippen MR) is 143 cm³/mol. The Bertz CT molecular complexity index is 1530. The van der Waals surface area contributed by atoms with E-state index in [0.29, 0.717) is 55.8 Å². The van der Waals surface area contributed by atoms with E-state index in [2.05, 4.69) is 40.3 Å². The van der Waals surface area contributed by atoms with Gasteiger partial charge in [0.05, 0.1) is 56.5 Å². The van der Waals surface area contributed by atoms with Gasteiger partial charge in [0.25, 0.3) is 0 Å². The molecular formula is C24H30N8O6S. The molecular weight excluding hydrogens is 528 g/mol. The topological polar surface area (TPSA) is 181 Å². The van der Waals surface area contributed by atoms with Crippen LogP contribution in [0.2, 0.25) is 0 Å². The van der Waals surface area contributed by atoms with Gasteiger partial charge in [-0.05, 0) is 23.8 Å². The lowest BCUT2D eigenvalue weighted by Gasteiger charge is -2.28. The number of β-amino-alcohol motifs (C(OH)–C–C–N with tert-alkyl or cyclic N) is 1. The number of aromatic amines is 1. The Morgan fingerprint density at radius 3 is 2.77 bits per heavy atom. The van der Waals surface area contributed by atoms with Gasteiger partial charge >= 0.3 is 0 Å². The number of sulfonamides is 1. The molecule has 14 nitrogen and oxygen atoms in total. The molecule has 0 radical (unpaired) electrons. The van der Waals surface area contributed by atoms with Crippen LogP contribution in [0.5, 0.6) is 5.88 Å². The summed E-state index contributed by atoms with van der Waals surface area (Å²) >= 11 is 0. The molecule has 1 aliphatic heterocycles. The molecule has 208 valence electrons. The first-order valence-electron chi connectivity index (χ1n) is 12.3. The Hall–Kier alpha value is -3.63. The number of pyridine rings is 1. The van der Waals surface area contributed by atoms with Crippen molar-refractivity contribution >= 4 is 26.6 Å². The number of nitrogens with zero attached hydrogens (tertiary/aromatic N) is 5. The summed E-state index contributed by atoms with van der Waals surface area (Å²) in [4.78, 5) is 6.42. The van der Waals surface area contributed by atoms with Crippen LogP contribution >= 0.6 is 0 Å². The lowest BCUT2D eigenvalue weighted by atomic mass is 10.0. The number of benzene rings is 1. The van der Waals surface area contributed by atoms with Crippen molar-refractivity contribution in [3.63, 3.8) is 0 Å². The van der Waals surface area contributed by atoms with E-state index in [4.69, 9.17) is 13.9 Å². The number of fused-ring (bicyclic) bond motifs is 1. The molecule has 5 rings (SSSR count). The summed E-state index contributed by atoms with van der Waals surface area (Å²) in [6.45, 7) is 4.24. The lowest BCUT2D eigenvalue weighted by Crippen LogP contribution is -2.43. The average Bonchev–Trinajstić information content (AvgIpc) is 3.57. The zero-order chi connectivity index (χ0) is 27.4. The van der Waals surface area contributed by atoms with Gasteiger partial charge in [-0.2, -0.15) is 5.10 Å². The first-order valence-corrected chi connectivity index (χ1v) is 14.2. The van der Waals surface area contributed by atoms with E-state index in [9.17, 15) is 13.5 Å². The van der Waals surface area contributed by atoms with Gasteiger partial charge in [0.2, 0.25) is 27.7 Å². The van der Waals surface area contributed by atoms with Crippen LogP contribution in [0.4, 0.5) is 5.69 Å². The smallest absolute Gasteiger partial charge is 0.248 e. The van der Waals surface area contributed by atoms with E-state index in [0.717, 1.165) is 35.8 Å². The first kappa shape index (κ1) is 27.0. The predicted octanol–water partition coefficient (Wildman–Crippen LogP) is 0.838. The number of hydrogen-bond donors (Lipinski definition) is 4. The number of aliphatic hydroxyl groups is 1. The van der Waals surface area contributed by atoms with Crippen molar-refractivity contribution in [3.8, 4) is 28.5 Å². The van der Waals surface area contributed by atoms with Crippen LogP contribution in [0.15, 0.2) is 35.0 Å². The van der Waals surface area contributed by atoms with Crippen LogP contribution in [0.3, 0.4) is 0 Å². The SMILES string of the molecule is COc1ncc(-c2cc(-c3nnc(CNCC(O)CN4CCOCC4)o3)c3cn[nH]c3c2)cc1NS(C)(=O)=O. The minimum absolute atomic E-state index is 0.149. The van der Waals surface area contributed by atoms with Crippen molar-refractivity contribution in [1.82, 2.24) is 35.6 Å². The third-order valence-electron chi connectivity index (χ3n) is 6.16. The minimum atomic E-state index is -3.55. The van der Waals surface area contributed by atoms with E-state index in [1.165, 1.54) is 7.11 Å². The van der Waals surface area contributed by atoms with Gasteiger partial charge in [0.1, 0.15) is 5.69 Å². The fourth-order valence-corrected chi connectivity index (χ4v) is 4.91. The van der Waals surface area contributed by atoms with Crippen molar-refractivity contribution in [3.05, 3.63) is 36.5 Å². The lowest BCUT2D eigenvalue weighted by molar-refractivity contribution is 0.0148. The number of ether oxygens (including phenoxy) is 2. The van der Waals surface area contributed by atoms with Gasteiger partial charge in [0.15, 0.2) is 0 Å². The van der Waals surface area contributed by atoms with Crippen molar-refractivity contribution in [2.45, 2.75) is 12.6 Å². The van der Waals surface area contributed by atoms with Gasteiger partial charge in [0, 0.05) is 43.3 Å². The number of morpholine rings is 1. The number of nitrogens with one attached hydrogen (secondary N) is 3. The normalized spacial score (nSPS) is 15.5. The second-order valence-corrected chi connectivity index (χ2v) is 11.0. The van der Waals surface area contributed by atoms with E-state index in [1.807, 2.05) is 12.1 Å². The number of rotatable bonds is 11. The van der Waals surface area contributed by atoms with Gasteiger partial charge in [-0.15, -0.1) is 10.2 Å². The Morgan fingerprint density at radius 1 is 1.18 bits per heavy atom. The summed E-state index contributed by atoms with van der Waals surface area (Å²) in [5.74, 6) is 0.817. The largest absolute Gasteiger partial charge is 0.480 e. The fourth-order valence-electron chi connectivity index (χ4n) is 4.37. The van der Waals surface area contributed by atoms with Crippen LogP contribution in [-0.4, -0.2) is 103 Å². The van der Waals surface area contributed by atoms with Gasteiger partial charge in [-0.25, -0.2) is 13.4 Å². The fraction of sp³-hybridized carbons (Fsp3) is 0.417. The third-order valence-corrected chi connectivity index (χ3v) is 6.75. The number of hydrogen-bond acceptors (Lipinski definition) is 12. The molecule has 0 spiro atoms. The molecule has 3 aromatic heterocycles. The maximum absolute atomic E-state index is 11.8. The van der Waals surface area contributed by atoms with Crippen molar-refractivity contribution in [2.24, 2.45) is 0 Å². The highest BCUT2D eigenvalue weighted by Crippen LogP contribution is 2.35. The molecule has 1 unspecified atom stereocenters. The summed E-state index contributed by atoms with van der Waals surface area (Å²) in [6.07, 6.45) is 3.77. The highest BCUT2D eigenvalue weighted by molar-refractivity contribution is 7.92. The second kappa shape index (κ2) is 11.6. The molecule has 1 aromatic carbocycles. The molecule has 1 saturated heterocycles. The summed E-state index contributed by atoms with van der Waals surface area (Å²) in [7, 11) is -2.14. The van der Waals surface area contributed by atoms with Crippen LogP contribution in [0.25, 0.3) is 33.5 Å². The number of H-pyrrole nitrogens is 1. The molecule has 4 N–H and O–H groups in total. The van der Waals surface area contributed by atoms with E-state index in [1.54, 1.807) is 18.5 Å². The van der Waals surface area contributed by atoms with Crippen LogP contribution in [0.1, 0.15) is 5.89 Å². The van der Waals surface area contributed by atoms with Gasteiger partial charge in [-0.1, -0.05) is 0 Å².